The van der Waals surface area contributed by atoms with Gasteiger partial charge in [-0.2, -0.15) is 15.1 Å². The number of nitrogens with one attached hydrogen (secondary N) is 1. The van der Waals surface area contributed by atoms with Crippen LogP contribution in [-0.4, -0.2) is 73.8 Å². The number of aromatic nitrogens is 5. The average Bonchev–Trinajstić information content (AvgIpc) is 3.09. The normalized spacial score (nSPS) is 13.4. The summed E-state index contributed by atoms with van der Waals surface area (Å²) in [5.74, 6) is 1.60. The first-order valence-corrected chi connectivity index (χ1v) is 14.3. The lowest BCUT2D eigenvalue weighted by atomic mass is 10.1. The van der Waals surface area contributed by atoms with Gasteiger partial charge in [-0.1, -0.05) is 19.4 Å². The molecule has 1 aliphatic heterocycles. The fraction of sp³-hybridized carbons (Fsp3) is 0.536. The third kappa shape index (κ3) is 6.70. The Kier molecular flexibility index (Phi) is 8.80. The molecule has 0 fully saturated rings. The number of thioether (sulfide) groups is 1. The van der Waals surface area contributed by atoms with Crippen LogP contribution in [0, 0.1) is 13.8 Å². The van der Waals surface area contributed by atoms with Crippen LogP contribution in [0.1, 0.15) is 63.6 Å². The van der Waals surface area contributed by atoms with E-state index in [-0.39, 0.29) is 6.01 Å². The second-order valence-electron chi connectivity index (χ2n) is 10.7. The Balaban J connectivity index is 1.76. The van der Waals surface area contributed by atoms with Gasteiger partial charge in [-0.05, 0) is 60.2 Å². The molecule has 0 saturated carbocycles. The first-order chi connectivity index (χ1) is 18.5. The summed E-state index contributed by atoms with van der Waals surface area (Å²) in [6, 6.07) is -0.00258. The number of ether oxygens (including phenoxy) is 2. The van der Waals surface area contributed by atoms with Gasteiger partial charge in [0.1, 0.15) is 10.8 Å². The molecule has 0 spiro atoms. The van der Waals surface area contributed by atoms with E-state index in [9.17, 15) is 4.79 Å². The summed E-state index contributed by atoms with van der Waals surface area (Å²) < 4.78 is 13.0. The maximum atomic E-state index is 12.6. The van der Waals surface area contributed by atoms with Crippen molar-refractivity contribution in [1.82, 2.24) is 34.9 Å². The fourth-order valence-electron chi connectivity index (χ4n) is 4.58. The first-order valence-electron chi connectivity index (χ1n) is 13.3. The van der Waals surface area contributed by atoms with Crippen LogP contribution in [0.3, 0.4) is 0 Å². The minimum atomic E-state index is -0.599. The summed E-state index contributed by atoms with van der Waals surface area (Å²) >= 11 is 1.62. The molecule has 0 saturated heterocycles. The van der Waals surface area contributed by atoms with E-state index >= 15 is 0 Å². The van der Waals surface area contributed by atoms with Gasteiger partial charge in [0.05, 0.1) is 30.4 Å². The fourth-order valence-corrected chi connectivity index (χ4v) is 5.61. The SMILES string of the molecule is CCN(CC)CCC1=Cc2nn(Cc3ncc(C)c(OC)c3C)c3nc(OC(=O)NC(C)(C)C)nc(c23)SC1. The minimum absolute atomic E-state index is 0.00258. The molecule has 1 amide bonds. The molecule has 39 heavy (non-hydrogen) atoms. The molecule has 11 heteroatoms. The Labute approximate surface area is 234 Å². The average molecular weight is 554 g/mol. The molecule has 0 unspecified atom stereocenters. The van der Waals surface area contributed by atoms with Gasteiger partial charge in [0.25, 0.3) is 0 Å². The van der Waals surface area contributed by atoms with Gasteiger partial charge in [0, 0.05) is 35.2 Å². The van der Waals surface area contributed by atoms with Crippen LogP contribution in [0.15, 0.2) is 16.8 Å². The number of carbonyl (C=O) groups excluding carboxylic acids is 1. The number of carbonyl (C=O) groups is 1. The zero-order valence-electron chi connectivity index (χ0n) is 24.2. The van der Waals surface area contributed by atoms with Crippen molar-refractivity contribution in [2.24, 2.45) is 0 Å². The number of pyridine rings is 1. The molecule has 0 radical (unpaired) electrons. The molecule has 4 rings (SSSR count). The number of nitrogens with zero attached hydrogens (tertiary/aromatic N) is 6. The number of aryl methyl sites for hydroxylation is 1. The highest BCUT2D eigenvalue weighted by atomic mass is 32.2. The third-order valence-electron chi connectivity index (χ3n) is 6.65. The highest BCUT2D eigenvalue weighted by molar-refractivity contribution is 7.99. The molecule has 0 atom stereocenters. The highest BCUT2D eigenvalue weighted by Gasteiger charge is 2.25. The van der Waals surface area contributed by atoms with Crippen LogP contribution in [0.25, 0.3) is 17.1 Å². The second-order valence-corrected chi connectivity index (χ2v) is 11.7. The standard InChI is InChI=1S/C28H39N7O3S/c1-9-34(10-2)12-11-19-13-20-22-24(35(33-20)15-21-18(4)23(37-8)17(3)14-29-21)30-26(31-25(22)39-16-19)38-27(36)32-28(5,6)7/h13-14H,9-12,15-16H2,1-8H3,(H,32,36). The summed E-state index contributed by atoms with van der Waals surface area (Å²) in [5.41, 5.74) is 5.02. The summed E-state index contributed by atoms with van der Waals surface area (Å²) in [7, 11) is 1.67. The number of methoxy groups -OCH3 is 1. The molecule has 3 aromatic rings. The lowest BCUT2D eigenvalue weighted by molar-refractivity contribution is 0.186. The molecule has 0 aliphatic carbocycles. The topological polar surface area (TPSA) is 107 Å². The van der Waals surface area contributed by atoms with Crippen molar-refractivity contribution in [3.63, 3.8) is 0 Å². The Hall–Kier alpha value is -3.18. The molecule has 1 aliphatic rings. The molecular weight excluding hydrogens is 514 g/mol. The maximum absolute atomic E-state index is 12.6. The number of hydrogen-bond acceptors (Lipinski definition) is 9. The first kappa shape index (κ1) is 28.8. The largest absolute Gasteiger partial charge is 0.496 e. The minimum Gasteiger partial charge on any atom is -0.496 e. The molecule has 0 aromatic carbocycles. The number of amides is 1. The lowest BCUT2D eigenvalue weighted by Crippen LogP contribution is -2.42. The zero-order chi connectivity index (χ0) is 28.3. The summed E-state index contributed by atoms with van der Waals surface area (Å²) in [6.45, 7) is 17.4. The molecule has 10 nitrogen and oxygen atoms in total. The highest BCUT2D eigenvalue weighted by Crippen LogP contribution is 2.36. The van der Waals surface area contributed by atoms with E-state index in [2.05, 4.69) is 45.1 Å². The van der Waals surface area contributed by atoms with Gasteiger partial charge in [-0.15, -0.1) is 11.8 Å². The summed E-state index contributed by atoms with van der Waals surface area (Å²) in [5, 5.41) is 9.38. The third-order valence-corrected chi connectivity index (χ3v) is 7.74. The van der Waals surface area contributed by atoms with Crippen molar-refractivity contribution in [1.29, 1.82) is 0 Å². The van der Waals surface area contributed by atoms with Crippen molar-refractivity contribution < 1.29 is 14.3 Å². The van der Waals surface area contributed by atoms with Crippen molar-refractivity contribution in [2.75, 3.05) is 32.5 Å². The van der Waals surface area contributed by atoms with Crippen LogP contribution >= 0.6 is 11.8 Å². The maximum Gasteiger partial charge on any atom is 0.415 e. The predicted molar refractivity (Wildman–Crippen MR) is 155 cm³/mol. The molecule has 3 aromatic heterocycles. The Morgan fingerprint density at radius 3 is 2.62 bits per heavy atom. The summed E-state index contributed by atoms with van der Waals surface area (Å²) in [6.07, 6.45) is 4.32. The van der Waals surface area contributed by atoms with Crippen LogP contribution in [0.5, 0.6) is 11.8 Å². The van der Waals surface area contributed by atoms with Crippen LogP contribution < -0.4 is 14.8 Å². The number of rotatable bonds is 9. The van der Waals surface area contributed by atoms with Gasteiger partial charge in [-0.25, -0.2) is 9.48 Å². The van der Waals surface area contributed by atoms with Crippen molar-refractivity contribution in [3.05, 3.63) is 34.3 Å². The number of hydrogen-bond donors (Lipinski definition) is 1. The van der Waals surface area contributed by atoms with Crippen LogP contribution in [0.4, 0.5) is 4.79 Å². The van der Waals surface area contributed by atoms with E-state index < -0.39 is 11.6 Å². The Morgan fingerprint density at radius 1 is 1.21 bits per heavy atom. The van der Waals surface area contributed by atoms with Gasteiger partial charge >= 0.3 is 12.1 Å². The molecule has 0 bridgehead atoms. The van der Waals surface area contributed by atoms with Crippen molar-refractivity contribution >= 4 is 35.0 Å². The van der Waals surface area contributed by atoms with E-state index in [4.69, 9.17) is 14.6 Å². The van der Waals surface area contributed by atoms with Gasteiger partial charge < -0.3 is 19.7 Å². The molecule has 4 heterocycles. The van der Waals surface area contributed by atoms with E-state index in [1.165, 1.54) is 5.57 Å². The Morgan fingerprint density at radius 2 is 1.95 bits per heavy atom. The molecular formula is C28H39N7O3S. The van der Waals surface area contributed by atoms with E-state index in [0.29, 0.717) is 12.2 Å². The van der Waals surface area contributed by atoms with E-state index in [1.807, 2.05) is 45.5 Å². The van der Waals surface area contributed by atoms with Gasteiger partial charge in [-0.3, -0.25) is 4.98 Å². The second kappa shape index (κ2) is 11.9. The quantitative estimate of drug-likeness (QED) is 0.366. The smallest absolute Gasteiger partial charge is 0.415 e. The Bertz CT molecular complexity index is 1390. The molecule has 210 valence electrons. The summed E-state index contributed by atoms with van der Waals surface area (Å²) in [4.78, 5) is 28.9. The van der Waals surface area contributed by atoms with Crippen LogP contribution in [-0.2, 0) is 6.54 Å². The van der Waals surface area contributed by atoms with Gasteiger partial charge in [0.2, 0.25) is 0 Å². The van der Waals surface area contributed by atoms with Crippen molar-refractivity contribution in [3.8, 4) is 11.8 Å². The lowest BCUT2D eigenvalue weighted by Gasteiger charge is -2.19. The van der Waals surface area contributed by atoms with E-state index in [1.54, 1.807) is 18.9 Å². The predicted octanol–water partition coefficient (Wildman–Crippen LogP) is 5.00. The molecule has 1 N–H and O–H groups in total. The van der Waals surface area contributed by atoms with E-state index in [0.717, 1.165) is 70.5 Å². The van der Waals surface area contributed by atoms with Crippen LogP contribution in [0.2, 0.25) is 0 Å². The monoisotopic (exact) mass is 553 g/mol. The van der Waals surface area contributed by atoms with Crippen molar-refractivity contribution in [2.45, 2.75) is 72.0 Å². The zero-order valence-corrected chi connectivity index (χ0v) is 25.0. The van der Waals surface area contributed by atoms with Gasteiger partial charge in [0.15, 0.2) is 5.65 Å².